The summed E-state index contributed by atoms with van der Waals surface area (Å²) in [6.07, 6.45) is 0.904. The number of halogens is 3. The molecule has 2 saturated carbocycles. The van der Waals surface area contributed by atoms with Crippen molar-refractivity contribution in [2.24, 2.45) is 5.41 Å². The number of piperidine rings is 1. The molecule has 2 aliphatic carbocycles. The molecule has 1 saturated heterocycles. The van der Waals surface area contributed by atoms with Crippen LogP contribution in [0.5, 0.6) is 0 Å². The van der Waals surface area contributed by atoms with Gasteiger partial charge in [0.2, 0.25) is 5.95 Å². The summed E-state index contributed by atoms with van der Waals surface area (Å²) < 4.78 is 68.0. The molecular formula is C29H39F3N4O3S. The summed E-state index contributed by atoms with van der Waals surface area (Å²) in [4.78, 5) is 10.9. The van der Waals surface area contributed by atoms with Crippen LogP contribution in [-0.2, 0) is 16.0 Å². The molecular weight excluding hydrogens is 541 g/mol. The molecule has 2 aromatic rings. The first-order chi connectivity index (χ1) is 18.8. The van der Waals surface area contributed by atoms with Crippen LogP contribution in [-0.4, -0.2) is 58.9 Å². The van der Waals surface area contributed by atoms with E-state index >= 15 is 0 Å². The first kappa shape index (κ1) is 29.3. The Labute approximate surface area is 234 Å². The van der Waals surface area contributed by atoms with Gasteiger partial charge in [-0.05, 0) is 114 Å². The molecule has 1 aliphatic heterocycles. The summed E-state index contributed by atoms with van der Waals surface area (Å²) in [7, 11) is -3.49. The summed E-state index contributed by atoms with van der Waals surface area (Å²) in [6.45, 7) is 8.18. The zero-order chi connectivity index (χ0) is 28.9. The number of likely N-dealkylation sites (tertiary alicyclic amines) is 1. The molecule has 0 bridgehead atoms. The van der Waals surface area contributed by atoms with Crippen molar-refractivity contribution in [2.75, 3.05) is 18.4 Å². The third kappa shape index (κ3) is 5.87. The van der Waals surface area contributed by atoms with Crippen LogP contribution in [0.1, 0.15) is 88.0 Å². The lowest BCUT2D eigenvalue weighted by atomic mass is 9.63. The Hall–Kier alpha value is -2.24. The number of aryl methyl sites for hydroxylation is 1. The molecule has 1 aromatic heterocycles. The minimum Gasteiger partial charge on any atom is -0.393 e. The van der Waals surface area contributed by atoms with Gasteiger partial charge in [0, 0.05) is 23.8 Å². The van der Waals surface area contributed by atoms with Gasteiger partial charge in [-0.25, -0.2) is 18.4 Å². The second-order valence-corrected chi connectivity index (χ2v) is 14.5. The Kier molecular flexibility index (Phi) is 7.95. The third-order valence-corrected chi connectivity index (χ3v) is 11.5. The lowest BCUT2D eigenvalue weighted by molar-refractivity contribution is -0.139. The molecule has 1 spiro atoms. The first-order valence-electron chi connectivity index (χ1n) is 14.3. The van der Waals surface area contributed by atoms with E-state index in [-0.39, 0.29) is 27.2 Å². The number of nitrogens with one attached hydrogen (secondary N) is 1. The highest BCUT2D eigenvalue weighted by Crippen LogP contribution is 2.53. The van der Waals surface area contributed by atoms with Crippen LogP contribution >= 0.6 is 0 Å². The Balaban J connectivity index is 1.29. The highest BCUT2D eigenvalue weighted by atomic mass is 32.2. The predicted molar refractivity (Wildman–Crippen MR) is 147 cm³/mol. The zero-order valence-electron chi connectivity index (χ0n) is 23.3. The molecule has 3 fully saturated rings. The lowest BCUT2D eigenvalue weighted by Gasteiger charge is -2.52. The number of aliphatic hydroxyl groups excluding tert-OH is 1. The van der Waals surface area contributed by atoms with Crippen LogP contribution in [0.2, 0.25) is 0 Å². The maximum Gasteiger partial charge on any atom is 0.419 e. The van der Waals surface area contributed by atoms with Gasteiger partial charge in [-0.15, -0.1) is 0 Å². The first-order valence-corrected chi connectivity index (χ1v) is 15.8. The number of alkyl halides is 3. The zero-order valence-corrected chi connectivity index (χ0v) is 24.2. The van der Waals surface area contributed by atoms with Crippen molar-refractivity contribution in [1.82, 2.24) is 14.9 Å². The Bertz CT molecular complexity index is 1320. The van der Waals surface area contributed by atoms with E-state index in [4.69, 9.17) is 0 Å². The van der Waals surface area contributed by atoms with E-state index in [1.165, 1.54) is 0 Å². The summed E-state index contributed by atoms with van der Waals surface area (Å²) in [5.74, 6) is -0.387. The molecule has 0 atom stereocenters. The number of sulfone groups is 1. The largest absolute Gasteiger partial charge is 0.419 e. The van der Waals surface area contributed by atoms with Crippen molar-refractivity contribution in [1.29, 1.82) is 0 Å². The normalized spacial score (nSPS) is 24.3. The Morgan fingerprint density at radius 3 is 2.33 bits per heavy atom. The van der Waals surface area contributed by atoms with Crippen LogP contribution in [0.4, 0.5) is 24.8 Å². The molecule has 0 unspecified atom stereocenters. The van der Waals surface area contributed by atoms with Crippen molar-refractivity contribution >= 4 is 21.5 Å². The number of hydrogen-bond acceptors (Lipinski definition) is 7. The minimum atomic E-state index is -4.58. The van der Waals surface area contributed by atoms with Crippen LogP contribution < -0.4 is 5.32 Å². The second-order valence-electron chi connectivity index (χ2n) is 12.3. The number of rotatable bonds is 6. The molecule has 2 N–H and O–H groups in total. The van der Waals surface area contributed by atoms with E-state index in [0.29, 0.717) is 55.8 Å². The quantitative estimate of drug-likeness (QED) is 0.433. The number of aromatic nitrogens is 2. The van der Waals surface area contributed by atoms with E-state index in [1.807, 2.05) is 0 Å². The standard InChI is InChI=1S/C29H39F3N4O3S/c1-18(2)36-12-10-28(11-13-36)15-23(16-28)40(38,39)22-8-9-25(19(3)14-22)34-27-33-17-24(29(30,31)32)26(35-27)20-4-6-21(37)7-5-20/h8-9,14,17-18,20-21,23,37H,4-7,10-13,15-16H2,1-3H3,(H,33,34,35). The number of anilines is 2. The topological polar surface area (TPSA) is 95.4 Å². The average Bonchev–Trinajstić information content (AvgIpc) is 2.88. The van der Waals surface area contributed by atoms with Gasteiger partial charge < -0.3 is 15.3 Å². The van der Waals surface area contributed by atoms with Gasteiger partial charge in [0.05, 0.1) is 27.5 Å². The summed E-state index contributed by atoms with van der Waals surface area (Å²) in [5.41, 5.74) is 0.395. The van der Waals surface area contributed by atoms with Crippen molar-refractivity contribution in [3.05, 3.63) is 41.2 Å². The smallest absolute Gasteiger partial charge is 0.393 e. The fraction of sp³-hybridized carbons (Fsp3) is 0.655. The van der Waals surface area contributed by atoms with E-state index in [2.05, 4.69) is 34.0 Å². The molecule has 40 heavy (non-hydrogen) atoms. The van der Waals surface area contributed by atoms with Crippen molar-refractivity contribution in [3.63, 3.8) is 0 Å². The molecule has 1 aromatic carbocycles. The summed E-state index contributed by atoms with van der Waals surface area (Å²) in [5, 5.41) is 12.4. The predicted octanol–water partition coefficient (Wildman–Crippen LogP) is 5.99. The van der Waals surface area contributed by atoms with Gasteiger partial charge >= 0.3 is 6.18 Å². The van der Waals surface area contributed by atoms with E-state index in [9.17, 15) is 26.7 Å². The highest BCUT2D eigenvalue weighted by Gasteiger charge is 2.51. The Morgan fingerprint density at radius 2 is 1.75 bits per heavy atom. The molecule has 11 heteroatoms. The highest BCUT2D eigenvalue weighted by molar-refractivity contribution is 7.92. The maximum absolute atomic E-state index is 13.7. The van der Waals surface area contributed by atoms with Crippen molar-refractivity contribution in [3.8, 4) is 0 Å². The van der Waals surface area contributed by atoms with E-state index < -0.39 is 33.6 Å². The van der Waals surface area contributed by atoms with Crippen LogP contribution in [0.3, 0.4) is 0 Å². The van der Waals surface area contributed by atoms with Crippen LogP contribution in [0.25, 0.3) is 0 Å². The van der Waals surface area contributed by atoms with Gasteiger partial charge in [-0.2, -0.15) is 13.2 Å². The lowest BCUT2D eigenvalue weighted by Crippen LogP contribution is -2.52. The van der Waals surface area contributed by atoms with Gasteiger partial charge in [-0.1, -0.05) is 0 Å². The monoisotopic (exact) mass is 580 g/mol. The molecule has 3 aliphatic rings. The van der Waals surface area contributed by atoms with E-state index in [1.54, 1.807) is 25.1 Å². The molecule has 2 heterocycles. The van der Waals surface area contributed by atoms with Gasteiger partial charge in [0.1, 0.15) is 0 Å². The SMILES string of the molecule is Cc1cc(S(=O)(=O)C2CC3(CCN(C(C)C)CC3)C2)ccc1Nc1ncc(C(F)(F)F)c(C2CCC(O)CC2)n1. The van der Waals surface area contributed by atoms with Crippen molar-refractivity contribution < 1.29 is 26.7 Å². The van der Waals surface area contributed by atoms with Crippen molar-refractivity contribution in [2.45, 2.75) is 107 Å². The fourth-order valence-corrected chi connectivity index (χ4v) is 8.78. The molecule has 7 nitrogen and oxygen atoms in total. The van der Waals surface area contributed by atoms with Crippen LogP contribution in [0, 0.1) is 12.3 Å². The molecule has 0 amide bonds. The second kappa shape index (κ2) is 10.9. The van der Waals surface area contributed by atoms with Crippen LogP contribution in [0.15, 0.2) is 29.3 Å². The number of hydrogen-bond donors (Lipinski definition) is 2. The van der Waals surface area contributed by atoms with Gasteiger partial charge in [0.25, 0.3) is 0 Å². The van der Waals surface area contributed by atoms with E-state index in [0.717, 1.165) is 32.1 Å². The molecule has 220 valence electrons. The molecule has 5 rings (SSSR count). The minimum absolute atomic E-state index is 0.0292. The summed E-state index contributed by atoms with van der Waals surface area (Å²) >= 11 is 0. The fourth-order valence-electron chi connectivity index (χ4n) is 6.65. The number of nitrogens with zero attached hydrogens (tertiary/aromatic N) is 3. The summed E-state index contributed by atoms with van der Waals surface area (Å²) in [6, 6.07) is 5.32. The van der Waals surface area contributed by atoms with Gasteiger partial charge in [0.15, 0.2) is 9.84 Å². The number of aliphatic hydroxyl groups is 1. The number of benzene rings is 1. The average molecular weight is 581 g/mol. The third-order valence-electron chi connectivity index (χ3n) is 9.33. The molecule has 0 radical (unpaired) electrons. The van der Waals surface area contributed by atoms with Gasteiger partial charge in [-0.3, -0.25) is 0 Å². The maximum atomic E-state index is 13.7. The Morgan fingerprint density at radius 1 is 1.10 bits per heavy atom.